The zero-order valence-corrected chi connectivity index (χ0v) is 31.4. The molecule has 5 atom stereocenters. The van der Waals surface area contributed by atoms with E-state index in [1.54, 1.807) is 32.5 Å². The summed E-state index contributed by atoms with van der Waals surface area (Å²) in [7, 11) is -3.85. The number of hydrogen-bond acceptors (Lipinski definition) is 7. The van der Waals surface area contributed by atoms with E-state index < -0.39 is 66.9 Å². The molecule has 4 aliphatic rings. The van der Waals surface area contributed by atoms with E-state index >= 15 is 0 Å². The number of amides is 4. The lowest BCUT2D eigenvalue weighted by Gasteiger charge is -2.35. The van der Waals surface area contributed by atoms with Crippen LogP contribution in [-0.2, 0) is 29.2 Å². The second kappa shape index (κ2) is 14.1. The molecule has 1 heterocycles. The van der Waals surface area contributed by atoms with Gasteiger partial charge in [0.1, 0.15) is 17.6 Å². The predicted octanol–water partition coefficient (Wildman–Crippen LogP) is 5.26. The molecule has 0 aromatic heterocycles. The second-order valence-corrected chi connectivity index (χ2v) is 19.3. The lowest BCUT2D eigenvalue weighted by molar-refractivity contribution is -0.142. The molecule has 4 amide bonds. The first-order chi connectivity index (χ1) is 24.1. The average molecular weight is 739 g/mol. The maximum absolute atomic E-state index is 14.6. The number of hydrogen-bond donors (Lipinski definition) is 4. The van der Waals surface area contributed by atoms with Crippen LogP contribution in [0.1, 0.15) is 84.6 Å². The van der Waals surface area contributed by atoms with E-state index in [1.807, 2.05) is 54.6 Å². The molecule has 0 bridgehead atoms. The van der Waals surface area contributed by atoms with Gasteiger partial charge in [-0.3, -0.25) is 19.1 Å². The maximum atomic E-state index is 14.6. The normalized spacial score (nSPS) is 26.6. The first kappa shape index (κ1) is 37.2. The van der Waals surface area contributed by atoms with Crippen molar-refractivity contribution in [3.05, 3.63) is 60.2 Å². The van der Waals surface area contributed by atoms with E-state index in [9.17, 15) is 32.7 Å². The van der Waals surface area contributed by atoms with Crippen molar-refractivity contribution in [2.75, 3.05) is 12.3 Å². The van der Waals surface area contributed by atoms with Crippen molar-refractivity contribution in [3.8, 4) is 11.1 Å². The van der Waals surface area contributed by atoms with Crippen molar-refractivity contribution in [3.63, 3.8) is 0 Å². The quantitative estimate of drug-likeness (QED) is 0.191. The molecule has 11 nitrogen and oxygen atoms in total. The minimum absolute atomic E-state index is 0.151. The summed E-state index contributed by atoms with van der Waals surface area (Å²) in [6.07, 6.45) is 3.91. The second-order valence-electron chi connectivity index (χ2n) is 15.9. The third kappa shape index (κ3) is 7.94. The molecule has 4 fully saturated rings. The molecule has 6 rings (SSSR count). The molecule has 0 radical (unpaired) electrons. The Kier molecular flexibility index (Phi) is 10.3. The van der Waals surface area contributed by atoms with Crippen molar-refractivity contribution in [2.45, 2.75) is 107 Å². The van der Waals surface area contributed by atoms with Crippen LogP contribution in [0.2, 0.25) is 0 Å². The Hall–Kier alpha value is -3.58. The van der Waals surface area contributed by atoms with Gasteiger partial charge in [-0.1, -0.05) is 88.7 Å². The van der Waals surface area contributed by atoms with Crippen molar-refractivity contribution >= 4 is 45.6 Å². The molecular weight excluding hydrogens is 689 g/mol. The van der Waals surface area contributed by atoms with Crippen LogP contribution in [0.5, 0.6) is 0 Å². The van der Waals surface area contributed by atoms with Crippen LogP contribution in [0, 0.1) is 17.3 Å². The fourth-order valence-electron chi connectivity index (χ4n) is 7.48. The number of likely N-dealkylation sites (tertiary alicyclic amines) is 1. The first-order valence-electron chi connectivity index (χ1n) is 18.1. The van der Waals surface area contributed by atoms with Crippen molar-refractivity contribution in [1.29, 1.82) is 0 Å². The molecule has 1 saturated heterocycles. The van der Waals surface area contributed by atoms with Gasteiger partial charge in [0.2, 0.25) is 21.8 Å². The lowest BCUT2D eigenvalue weighted by atomic mass is 9.85. The molecule has 3 saturated carbocycles. The van der Waals surface area contributed by atoms with Gasteiger partial charge in [0, 0.05) is 6.54 Å². The van der Waals surface area contributed by atoms with E-state index in [-0.39, 0.29) is 24.8 Å². The van der Waals surface area contributed by atoms with E-state index in [4.69, 9.17) is 0 Å². The largest absolute Gasteiger partial charge is 0.465 e. The molecule has 1 aliphatic heterocycles. The number of benzene rings is 2. The highest BCUT2D eigenvalue weighted by atomic mass is 32.2. The summed E-state index contributed by atoms with van der Waals surface area (Å²) in [5.74, 6) is -0.959. The van der Waals surface area contributed by atoms with Gasteiger partial charge in [0.05, 0.1) is 10.00 Å². The van der Waals surface area contributed by atoms with Gasteiger partial charge < -0.3 is 20.6 Å². The molecule has 0 unspecified atom stereocenters. The van der Waals surface area contributed by atoms with Gasteiger partial charge in [0.15, 0.2) is 0 Å². The summed E-state index contributed by atoms with van der Waals surface area (Å²) in [6, 6.07) is 16.0. The van der Waals surface area contributed by atoms with Gasteiger partial charge in [0.25, 0.3) is 5.91 Å². The van der Waals surface area contributed by atoms with Crippen LogP contribution in [0.15, 0.2) is 54.6 Å². The van der Waals surface area contributed by atoms with Gasteiger partial charge in [-0.05, 0) is 84.6 Å². The minimum atomic E-state index is -3.85. The highest BCUT2D eigenvalue weighted by Gasteiger charge is 2.67. The summed E-state index contributed by atoms with van der Waals surface area (Å²) < 4.78 is 27.2. The Morgan fingerprint density at radius 2 is 1.61 bits per heavy atom. The van der Waals surface area contributed by atoms with Crippen LogP contribution in [-0.4, -0.2) is 77.4 Å². The Morgan fingerprint density at radius 1 is 0.961 bits per heavy atom. The van der Waals surface area contributed by atoms with Crippen molar-refractivity contribution in [2.24, 2.45) is 17.3 Å². The number of thioether (sulfide) groups is 1. The topological polar surface area (TPSA) is 162 Å². The summed E-state index contributed by atoms with van der Waals surface area (Å²) >= 11 is 1.69. The standard InChI is InChI=1S/C38H50N4O7S2/c1-5-6-20-50-37(27-16-14-25(15-17-27)24-10-8-7-9-11-24)22-30(42(23-37)33(44)31(36(2,3)4)39-35(46)47)32(43)40-38(21-29(38)26-12-13-26)34(45)41-51(48,49)28-18-19-28/h7-11,14-17,26,28-31,39H,5-6,12-13,18-23H2,1-4H3,(H,40,43)(H,41,45)(H,46,47)/t29-,30-,31+,37-,38+/m0/s1. The Labute approximate surface area is 305 Å². The number of rotatable bonds is 14. The average Bonchev–Trinajstić information content (AvgIpc) is 3.96. The zero-order chi connectivity index (χ0) is 36.8. The van der Waals surface area contributed by atoms with Crippen molar-refractivity contribution in [1.82, 2.24) is 20.3 Å². The zero-order valence-electron chi connectivity index (χ0n) is 29.8. The molecule has 4 N–H and O–H groups in total. The number of sulfonamides is 1. The van der Waals surface area contributed by atoms with Crippen LogP contribution >= 0.6 is 11.8 Å². The van der Waals surface area contributed by atoms with Crippen LogP contribution in [0.25, 0.3) is 11.1 Å². The number of unbranched alkanes of at least 4 members (excludes halogenated alkanes) is 1. The third-order valence-corrected chi connectivity index (χ3v) is 14.2. The number of carboxylic acid groups (broad SMARTS) is 1. The fourth-order valence-corrected chi connectivity index (χ4v) is 10.5. The van der Waals surface area contributed by atoms with E-state index in [2.05, 4.69) is 22.3 Å². The van der Waals surface area contributed by atoms with Gasteiger partial charge in [-0.15, -0.1) is 11.8 Å². The molecule has 3 aliphatic carbocycles. The first-order valence-corrected chi connectivity index (χ1v) is 20.6. The van der Waals surface area contributed by atoms with Crippen molar-refractivity contribution < 1.29 is 32.7 Å². The molecule has 0 spiro atoms. The van der Waals surface area contributed by atoms with Crippen LogP contribution in [0.4, 0.5) is 4.79 Å². The van der Waals surface area contributed by atoms with Crippen LogP contribution < -0.4 is 15.4 Å². The summed E-state index contributed by atoms with van der Waals surface area (Å²) in [5, 5.41) is 14.6. The summed E-state index contributed by atoms with van der Waals surface area (Å²) in [6.45, 7) is 7.57. The number of carbonyl (C=O) groups is 4. The Balaban J connectivity index is 1.36. The number of carbonyl (C=O) groups excluding carboxylic acids is 3. The highest BCUT2D eigenvalue weighted by molar-refractivity contribution is 8.00. The molecule has 2 aromatic carbocycles. The lowest BCUT2D eigenvalue weighted by Crippen LogP contribution is -2.60. The molecular formula is C38H50N4O7S2. The van der Waals surface area contributed by atoms with E-state index in [1.165, 1.54) is 4.90 Å². The number of nitrogens with zero attached hydrogens (tertiary/aromatic N) is 1. The molecule has 51 heavy (non-hydrogen) atoms. The third-order valence-electron chi connectivity index (χ3n) is 10.8. The van der Waals surface area contributed by atoms with Gasteiger partial charge in [-0.25, -0.2) is 13.2 Å². The highest BCUT2D eigenvalue weighted by Crippen LogP contribution is 2.58. The Morgan fingerprint density at radius 3 is 2.18 bits per heavy atom. The van der Waals surface area contributed by atoms with Crippen LogP contribution in [0.3, 0.4) is 0 Å². The minimum Gasteiger partial charge on any atom is -0.465 e. The Bertz CT molecular complexity index is 1760. The monoisotopic (exact) mass is 738 g/mol. The maximum Gasteiger partial charge on any atom is 0.405 e. The SMILES string of the molecule is CCCCS[C@@]1(c2ccc(-c3ccccc3)cc2)C[C@@H](C(=O)N[C@]2(C(=O)NS(=O)(=O)C3CC3)C[C@H]2C2CC2)N(C(=O)[C@@H](NC(=O)O)C(C)(C)C)C1. The predicted molar refractivity (Wildman–Crippen MR) is 197 cm³/mol. The summed E-state index contributed by atoms with van der Waals surface area (Å²) in [5.41, 5.74) is 0.836. The molecule has 276 valence electrons. The van der Waals surface area contributed by atoms with E-state index in [0.717, 1.165) is 48.1 Å². The molecule has 13 heteroatoms. The smallest absolute Gasteiger partial charge is 0.405 e. The van der Waals surface area contributed by atoms with Gasteiger partial charge in [-0.2, -0.15) is 0 Å². The van der Waals surface area contributed by atoms with E-state index in [0.29, 0.717) is 19.3 Å². The fraction of sp³-hybridized carbons (Fsp3) is 0.579. The number of nitrogens with one attached hydrogen (secondary N) is 3. The summed E-state index contributed by atoms with van der Waals surface area (Å²) in [4.78, 5) is 56.4. The molecule has 2 aromatic rings. The van der Waals surface area contributed by atoms with Gasteiger partial charge >= 0.3 is 6.09 Å².